The number of alkyl carbamates (subject to hydrolysis) is 2. The Balaban J connectivity index is 1.50. The number of sulfonamides is 1. The number of carbonyl (C=O) groups excluding carboxylic acids is 2. The summed E-state index contributed by atoms with van der Waals surface area (Å²) < 4.78 is 38.7. The Kier molecular flexibility index (Phi) is 10.1. The Bertz CT molecular complexity index is 1210. The number of halogens is 1. The number of nitrogens with one attached hydrogen (secondary N) is 2. The fourth-order valence-electron chi connectivity index (χ4n) is 4.88. The van der Waals surface area contributed by atoms with Gasteiger partial charge in [-0.25, -0.2) is 18.0 Å². The average Bonchev–Trinajstić information content (AvgIpc) is 3.59. The van der Waals surface area contributed by atoms with Crippen molar-refractivity contribution in [2.24, 2.45) is 5.92 Å². The van der Waals surface area contributed by atoms with E-state index in [0.29, 0.717) is 5.02 Å². The van der Waals surface area contributed by atoms with Crippen LogP contribution in [0.15, 0.2) is 59.5 Å². The molecule has 39 heavy (non-hydrogen) atoms. The number of nitrogens with zero attached hydrogens (tertiary/aromatic N) is 1. The van der Waals surface area contributed by atoms with Crippen molar-refractivity contribution in [1.29, 1.82) is 0 Å². The number of cyclic esters (lactones) is 1. The summed E-state index contributed by atoms with van der Waals surface area (Å²) in [5, 5.41) is 17.0. The van der Waals surface area contributed by atoms with Gasteiger partial charge in [-0.3, -0.25) is 0 Å². The molecule has 2 aromatic rings. The first kappa shape index (κ1) is 29.1. The van der Waals surface area contributed by atoms with E-state index in [1.165, 1.54) is 28.6 Å². The van der Waals surface area contributed by atoms with Crippen LogP contribution in [0.5, 0.6) is 0 Å². The molecule has 2 amide bonds. The molecule has 0 radical (unpaired) electrons. The first-order valence-electron chi connectivity index (χ1n) is 13.0. The van der Waals surface area contributed by atoms with E-state index in [2.05, 4.69) is 10.6 Å². The predicted octanol–water partition coefficient (Wildman–Crippen LogP) is 3.33. The van der Waals surface area contributed by atoms with Gasteiger partial charge in [-0.15, -0.1) is 0 Å². The highest BCUT2D eigenvalue weighted by atomic mass is 35.5. The summed E-state index contributed by atoms with van der Waals surface area (Å²) in [6.07, 6.45) is 1.56. The van der Waals surface area contributed by atoms with Gasteiger partial charge in [0.25, 0.3) is 0 Å². The van der Waals surface area contributed by atoms with Gasteiger partial charge in [0, 0.05) is 18.1 Å². The average molecular weight is 580 g/mol. The molecule has 10 nitrogen and oxygen atoms in total. The molecule has 12 heteroatoms. The number of aliphatic hydroxyl groups excluding tert-OH is 1. The van der Waals surface area contributed by atoms with Crippen molar-refractivity contribution in [3.63, 3.8) is 0 Å². The molecule has 1 saturated carbocycles. The Hall–Kier alpha value is -2.86. The number of hydrogen-bond donors (Lipinski definition) is 3. The number of hydrogen-bond acceptors (Lipinski definition) is 7. The zero-order chi connectivity index (χ0) is 27.8. The van der Waals surface area contributed by atoms with E-state index in [1.54, 1.807) is 0 Å². The summed E-state index contributed by atoms with van der Waals surface area (Å²) in [6, 6.07) is 13.9. The smallest absolute Gasteiger partial charge is 0.407 e. The Morgan fingerprint density at radius 2 is 1.85 bits per heavy atom. The summed E-state index contributed by atoms with van der Waals surface area (Å²) in [6.45, 7) is 0.0308. The molecule has 1 aliphatic heterocycles. The third-order valence-corrected chi connectivity index (χ3v) is 9.10. The molecule has 3 N–H and O–H groups in total. The second-order valence-corrected chi connectivity index (χ2v) is 12.3. The molecule has 2 aliphatic rings. The standard InChI is InChI=1S/C27H34ClN3O7S/c28-21-10-12-23(13-11-21)39(35,36)31(15-20-8-4-5-9-20)16-25(32)24(14-19-6-2-1-3-7-19)30-27(34)38-18-22-17-37-26(33)29-22/h1-3,6-7,10-13,20,22,24-25,32H,4-5,8-9,14-18H2,(H,29,33)(H,30,34)/t22-,24?,25?/m0/s1. The lowest BCUT2D eigenvalue weighted by atomic mass is 10.0. The van der Waals surface area contributed by atoms with Crippen LogP contribution in [-0.4, -0.2) is 74.5 Å². The van der Waals surface area contributed by atoms with E-state index < -0.39 is 40.4 Å². The topological polar surface area (TPSA) is 134 Å². The van der Waals surface area contributed by atoms with Crippen LogP contribution in [0.3, 0.4) is 0 Å². The molecule has 0 spiro atoms. The maximum atomic E-state index is 13.7. The summed E-state index contributed by atoms with van der Waals surface area (Å²) in [5.74, 6) is 0.189. The number of ether oxygens (including phenoxy) is 2. The molecule has 2 aromatic carbocycles. The van der Waals surface area contributed by atoms with Gasteiger partial charge in [-0.05, 0) is 55.0 Å². The second-order valence-electron chi connectivity index (χ2n) is 9.97. The van der Waals surface area contributed by atoms with Crippen molar-refractivity contribution in [2.75, 3.05) is 26.3 Å². The summed E-state index contributed by atoms with van der Waals surface area (Å²) in [5.41, 5.74) is 0.848. The van der Waals surface area contributed by atoms with Gasteiger partial charge >= 0.3 is 12.2 Å². The molecule has 1 aliphatic carbocycles. The summed E-state index contributed by atoms with van der Waals surface area (Å²) >= 11 is 5.98. The molecule has 1 saturated heterocycles. The number of amides is 2. The lowest BCUT2D eigenvalue weighted by Crippen LogP contribution is -2.51. The molecule has 0 bridgehead atoms. The lowest BCUT2D eigenvalue weighted by Gasteiger charge is -2.31. The maximum Gasteiger partial charge on any atom is 0.407 e. The van der Waals surface area contributed by atoms with Crippen LogP contribution in [0, 0.1) is 5.92 Å². The quantitative estimate of drug-likeness (QED) is 0.351. The van der Waals surface area contributed by atoms with Crippen molar-refractivity contribution in [2.45, 2.75) is 55.2 Å². The zero-order valence-corrected chi connectivity index (χ0v) is 23.1. The van der Waals surface area contributed by atoms with Crippen molar-refractivity contribution in [3.8, 4) is 0 Å². The van der Waals surface area contributed by atoms with Crippen molar-refractivity contribution in [1.82, 2.24) is 14.9 Å². The first-order valence-corrected chi connectivity index (χ1v) is 14.9. The van der Waals surface area contributed by atoms with Gasteiger partial charge in [0.15, 0.2) is 0 Å². The fourth-order valence-corrected chi connectivity index (χ4v) is 6.54. The van der Waals surface area contributed by atoms with Crippen molar-refractivity contribution in [3.05, 3.63) is 65.2 Å². The fraction of sp³-hybridized carbons (Fsp3) is 0.481. The SMILES string of the molecule is O=C(NC(Cc1ccccc1)C(O)CN(CC1CCCC1)S(=O)(=O)c1ccc(Cl)cc1)OC[C@@H]1COC(=O)N1. The van der Waals surface area contributed by atoms with Crippen molar-refractivity contribution >= 4 is 33.8 Å². The van der Waals surface area contributed by atoms with E-state index >= 15 is 0 Å². The minimum absolute atomic E-state index is 0.0842. The van der Waals surface area contributed by atoms with Crippen LogP contribution in [0.1, 0.15) is 31.2 Å². The molecule has 0 aromatic heterocycles. The third kappa shape index (κ3) is 8.31. The van der Waals surface area contributed by atoms with Crippen molar-refractivity contribution < 1.29 is 32.6 Å². The van der Waals surface area contributed by atoms with Gasteiger partial charge < -0.3 is 25.2 Å². The highest BCUT2D eigenvalue weighted by Crippen LogP contribution is 2.28. The molecule has 1 heterocycles. The van der Waals surface area contributed by atoms with E-state index in [4.69, 9.17) is 21.1 Å². The van der Waals surface area contributed by atoms with Crippen LogP contribution >= 0.6 is 11.6 Å². The monoisotopic (exact) mass is 579 g/mol. The molecule has 212 valence electrons. The maximum absolute atomic E-state index is 13.7. The lowest BCUT2D eigenvalue weighted by molar-refractivity contribution is 0.0857. The summed E-state index contributed by atoms with van der Waals surface area (Å²) in [7, 11) is -3.95. The van der Waals surface area contributed by atoms with Crippen LogP contribution in [0.2, 0.25) is 5.02 Å². The number of benzene rings is 2. The Labute approximate surface area is 233 Å². The number of carbonyl (C=O) groups is 2. The molecule has 2 unspecified atom stereocenters. The van der Waals surface area contributed by atoms with E-state index in [1.807, 2.05) is 30.3 Å². The Morgan fingerprint density at radius 1 is 1.15 bits per heavy atom. The molecular weight excluding hydrogens is 546 g/mol. The van der Waals surface area contributed by atoms with Crippen LogP contribution in [-0.2, 0) is 25.9 Å². The van der Waals surface area contributed by atoms with Gasteiger partial charge in [0.05, 0.1) is 17.0 Å². The molecule has 2 fully saturated rings. The minimum atomic E-state index is -3.95. The van der Waals surface area contributed by atoms with Gasteiger partial charge in [0.1, 0.15) is 19.3 Å². The van der Waals surface area contributed by atoms with E-state index in [-0.39, 0.29) is 43.5 Å². The third-order valence-electron chi connectivity index (χ3n) is 7.00. The van der Waals surface area contributed by atoms with Gasteiger partial charge in [-0.2, -0.15) is 4.31 Å². The van der Waals surface area contributed by atoms with Crippen LogP contribution < -0.4 is 10.6 Å². The normalized spacial score (nSPS) is 19.4. The van der Waals surface area contributed by atoms with E-state index in [0.717, 1.165) is 31.2 Å². The number of aliphatic hydroxyl groups is 1. The Morgan fingerprint density at radius 3 is 2.49 bits per heavy atom. The van der Waals surface area contributed by atoms with Gasteiger partial charge in [0.2, 0.25) is 10.0 Å². The molecule has 4 rings (SSSR count). The zero-order valence-electron chi connectivity index (χ0n) is 21.5. The first-order chi connectivity index (χ1) is 18.7. The predicted molar refractivity (Wildman–Crippen MR) is 145 cm³/mol. The van der Waals surface area contributed by atoms with Gasteiger partial charge in [-0.1, -0.05) is 54.8 Å². The van der Waals surface area contributed by atoms with Crippen LogP contribution in [0.25, 0.3) is 0 Å². The number of rotatable bonds is 12. The molecular formula is C27H34ClN3O7S. The molecule has 3 atom stereocenters. The van der Waals surface area contributed by atoms with E-state index in [9.17, 15) is 23.1 Å². The minimum Gasteiger partial charge on any atom is -0.447 e. The largest absolute Gasteiger partial charge is 0.447 e. The highest BCUT2D eigenvalue weighted by Gasteiger charge is 2.33. The second kappa shape index (κ2) is 13.5. The highest BCUT2D eigenvalue weighted by molar-refractivity contribution is 7.89. The summed E-state index contributed by atoms with van der Waals surface area (Å²) in [4.78, 5) is 24.0. The van der Waals surface area contributed by atoms with Crippen LogP contribution in [0.4, 0.5) is 9.59 Å².